The quantitative estimate of drug-likeness (QED) is 0.413. The lowest BCUT2D eigenvalue weighted by Gasteiger charge is -2.04. The molecule has 1 atom stereocenters. The summed E-state index contributed by atoms with van der Waals surface area (Å²) in [7, 11) is -1.27. The van der Waals surface area contributed by atoms with Gasteiger partial charge in [-0.05, 0) is 12.8 Å². The summed E-state index contributed by atoms with van der Waals surface area (Å²) in [6.07, 6.45) is 2.80. The first-order valence-electron chi connectivity index (χ1n) is 4.54. The van der Waals surface area contributed by atoms with Crippen LogP contribution in [-0.2, 0) is 4.79 Å². The molecule has 1 nitrogen and oxygen atoms in total. The van der Waals surface area contributed by atoms with Crippen molar-refractivity contribution in [3.05, 3.63) is 0 Å². The van der Waals surface area contributed by atoms with Gasteiger partial charge in [-0.1, -0.05) is 25.6 Å². The van der Waals surface area contributed by atoms with Gasteiger partial charge in [0.25, 0.3) is 0 Å². The number of hydrogen-bond donors (Lipinski definition) is 0. The van der Waals surface area contributed by atoms with E-state index in [1.165, 1.54) is 0 Å². The minimum Gasteiger partial charge on any atom is -0.298 e. The normalized spacial score (nSPS) is 23.6. The third-order valence-electron chi connectivity index (χ3n) is 1.93. The van der Waals surface area contributed by atoms with Crippen molar-refractivity contribution in [2.75, 3.05) is 0 Å². The van der Waals surface area contributed by atoms with Crippen LogP contribution < -0.4 is 0 Å². The average molecular weight is 180 g/mol. The first-order valence-corrected chi connectivity index (χ1v) is 8.04. The molecule has 0 N–H and O–H groups in total. The molecule has 1 unspecified atom stereocenters. The molecule has 12 heavy (non-hydrogen) atoms. The molecule has 0 saturated heterocycles. The molecule has 0 aromatic rings. The highest BCUT2D eigenvalue weighted by atomic mass is 28.3. The Kier molecular flexibility index (Phi) is 2.74. The van der Waals surface area contributed by atoms with Crippen LogP contribution in [0.3, 0.4) is 0 Å². The molecule has 0 spiro atoms. The van der Waals surface area contributed by atoms with Crippen molar-refractivity contribution in [3.8, 4) is 11.5 Å². The molecule has 0 bridgehead atoms. The van der Waals surface area contributed by atoms with Crippen molar-refractivity contribution in [2.45, 2.75) is 38.9 Å². The molecule has 1 rings (SSSR count). The smallest absolute Gasteiger partial charge is 0.147 e. The number of ketones is 1. The summed E-state index contributed by atoms with van der Waals surface area (Å²) in [6, 6.07) is 0. The van der Waals surface area contributed by atoms with Gasteiger partial charge < -0.3 is 0 Å². The summed E-state index contributed by atoms with van der Waals surface area (Å²) >= 11 is 0. The van der Waals surface area contributed by atoms with E-state index in [9.17, 15) is 4.79 Å². The van der Waals surface area contributed by atoms with Crippen LogP contribution in [0.2, 0.25) is 19.6 Å². The zero-order valence-electron chi connectivity index (χ0n) is 8.11. The van der Waals surface area contributed by atoms with E-state index < -0.39 is 8.07 Å². The Morgan fingerprint density at radius 2 is 2.08 bits per heavy atom. The fourth-order valence-electron chi connectivity index (χ4n) is 1.27. The van der Waals surface area contributed by atoms with Gasteiger partial charge in [-0.15, -0.1) is 5.54 Å². The summed E-state index contributed by atoms with van der Waals surface area (Å²) in [5.74, 6) is 3.58. The molecule has 0 aromatic heterocycles. The van der Waals surface area contributed by atoms with E-state index in [1.54, 1.807) is 0 Å². The molecule has 0 aromatic carbocycles. The van der Waals surface area contributed by atoms with Crippen molar-refractivity contribution in [1.29, 1.82) is 0 Å². The lowest BCUT2D eigenvalue weighted by Crippen LogP contribution is -2.17. The number of rotatable bonds is 0. The predicted octanol–water partition coefficient (Wildman–Crippen LogP) is 2.24. The minimum atomic E-state index is -1.27. The number of hydrogen-bond acceptors (Lipinski definition) is 1. The second-order valence-corrected chi connectivity index (χ2v) is 9.18. The fraction of sp³-hybridized carbons (Fsp3) is 0.700. The third-order valence-corrected chi connectivity index (χ3v) is 2.82. The van der Waals surface area contributed by atoms with E-state index in [-0.39, 0.29) is 5.92 Å². The van der Waals surface area contributed by atoms with E-state index in [0.717, 1.165) is 19.3 Å². The van der Waals surface area contributed by atoms with Gasteiger partial charge in [0.15, 0.2) is 0 Å². The molecule has 1 fully saturated rings. The maximum absolute atomic E-state index is 11.2. The Hall–Kier alpha value is -0.553. The molecule has 0 heterocycles. The van der Waals surface area contributed by atoms with Crippen LogP contribution in [0.25, 0.3) is 0 Å². The van der Waals surface area contributed by atoms with Crippen LogP contribution in [0.5, 0.6) is 0 Å². The molecule has 1 aliphatic rings. The SMILES string of the molecule is C[Si](C)(C)C#CC1CCCC1=O. The third kappa shape index (κ3) is 2.82. The van der Waals surface area contributed by atoms with Crippen molar-refractivity contribution >= 4 is 13.9 Å². The highest BCUT2D eigenvalue weighted by Gasteiger charge is 2.22. The van der Waals surface area contributed by atoms with E-state index in [1.807, 2.05) is 0 Å². The molecule has 1 saturated carbocycles. The topological polar surface area (TPSA) is 17.1 Å². The zero-order valence-corrected chi connectivity index (χ0v) is 9.11. The van der Waals surface area contributed by atoms with Crippen molar-refractivity contribution in [1.82, 2.24) is 0 Å². The van der Waals surface area contributed by atoms with Gasteiger partial charge in [-0.25, -0.2) is 0 Å². The summed E-state index contributed by atoms with van der Waals surface area (Å²) in [6.45, 7) is 6.62. The number of carbonyl (C=O) groups is 1. The van der Waals surface area contributed by atoms with E-state index in [2.05, 4.69) is 31.1 Å². The molecule has 1 aliphatic carbocycles. The van der Waals surface area contributed by atoms with E-state index >= 15 is 0 Å². The van der Waals surface area contributed by atoms with Crippen molar-refractivity contribution in [2.24, 2.45) is 5.92 Å². The number of Topliss-reactive ketones (excluding diaryl/α,β-unsaturated/α-hetero) is 1. The molecule has 0 radical (unpaired) electrons. The summed E-state index contributed by atoms with van der Waals surface area (Å²) in [5, 5.41) is 0. The second-order valence-electron chi connectivity index (χ2n) is 4.43. The standard InChI is InChI=1S/C10H16OSi/c1-12(2,3)8-7-9-5-4-6-10(9)11/h9H,4-6H2,1-3H3. The molecule has 0 amide bonds. The van der Waals surface area contributed by atoms with Crippen LogP contribution in [0.1, 0.15) is 19.3 Å². The Morgan fingerprint density at radius 3 is 2.50 bits per heavy atom. The highest BCUT2D eigenvalue weighted by molar-refractivity contribution is 6.83. The predicted molar refractivity (Wildman–Crippen MR) is 53.5 cm³/mol. The first-order chi connectivity index (χ1) is 5.49. The van der Waals surface area contributed by atoms with E-state index in [4.69, 9.17) is 0 Å². The zero-order chi connectivity index (χ0) is 9.19. The fourth-order valence-corrected chi connectivity index (χ4v) is 1.88. The van der Waals surface area contributed by atoms with Crippen molar-refractivity contribution in [3.63, 3.8) is 0 Å². The lowest BCUT2D eigenvalue weighted by molar-refractivity contribution is -0.119. The summed E-state index contributed by atoms with van der Waals surface area (Å²) in [4.78, 5) is 11.2. The van der Waals surface area contributed by atoms with Gasteiger partial charge in [0.1, 0.15) is 13.9 Å². The average Bonchev–Trinajstić information content (AvgIpc) is 2.29. The van der Waals surface area contributed by atoms with Gasteiger partial charge in [-0.3, -0.25) is 4.79 Å². The highest BCUT2D eigenvalue weighted by Crippen LogP contribution is 2.20. The van der Waals surface area contributed by atoms with E-state index in [0.29, 0.717) is 5.78 Å². The maximum atomic E-state index is 11.2. The Labute approximate surface area is 75.6 Å². The van der Waals surface area contributed by atoms with Crippen molar-refractivity contribution < 1.29 is 4.79 Å². The van der Waals surface area contributed by atoms with Gasteiger partial charge in [0.05, 0.1) is 5.92 Å². The van der Waals surface area contributed by atoms with Gasteiger partial charge in [0.2, 0.25) is 0 Å². The van der Waals surface area contributed by atoms with Crippen LogP contribution >= 0.6 is 0 Å². The molecule has 0 aliphatic heterocycles. The Morgan fingerprint density at radius 1 is 1.42 bits per heavy atom. The van der Waals surface area contributed by atoms with Crippen LogP contribution in [-0.4, -0.2) is 13.9 Å². The first kappa shape index (κ1) is 9.53. The second kappa shape index (κ2) is 3.45. The number of carbonyl (C=O) groups excluding carboxylic acids is 1. The monoisotopic (exact) mass is 180 g/mol. The Bertz CT molecular complexity index is 239. The largest absolute Gasteiger partial charge is 0.298 e. The molecular weight excluding hydrogens is 164 g/mol. The maximum Gasteiger partial charge on any atom is 0.147 e. The molecular formula is C10H16OSi. The lowest BCUT2D eigenvalue weighted by atomic mass is 10.1. The van der Waals surface area contributed by atoms with Crippen LogP contribution in [0, 0.1) is 17.4 Å². The van der Waals surface area contributed by atoms with Gasteiger partial charge >= 0.3 is 0 Å². The summed E-state index contributed by atoms with van der Waals surface area (Å²) in [5.41, 5.74) is 3.26. The van der Waals surface area contributed by atoms with Gasteiger partial charge in [-0.2, -0.15) is 0 Å². The Balaban J connectivity index is 2.59. The summed E-state index contributed by atoms with van der Waals surface area (Å²) < 4.78 is 0. The minimum absolute atomic E-state index is 0.0803. The molecule has 2 heteroatoms. The van der Waals surface area contributed by atoms with Crippen LogP contribution in [0.4, 0.5) is 0 Å². The van der Waals surface area contributed by atoms with Gasteiger partial charge in [0, 0.05) is 6.42 Å². The molecule has 66 valence electrons. The van der Waals surface area contributed by atoms with Crippen LogP contribution in [0.15, 0.2) is 0 Å².